The van der Waals surface area contributed by atoms with Crippen LogP contribution >= 0.6 is 0 Å². The number of nitrogens with zero attached hydrogens (tertiary/aromatic N) is 4. The number of nitrogens with one attached hydrogen (secondary N) is 3. The summed E-state index contributed by atoms with van der Waals surface area (Å²) in [5.74, 6) is -0.462. The molecule has 0 aliphatic carbocycles. The van der Waals surface area contributed by atoms with E-state index in [1.54, 1.807) is 18.5 Å². The number of rotatable bonds is 8. The first-order valence-electron chi connectivity index (χ1n) is 14.7. The Bertz CT molecular complexity index is 2100. The van der Waals surface area contributed by atoms with Crippen LogP contribution in [0.5, 0.6) is 0 Å². The van der Waals surface area contributed by atoms with Crippen LogP contribution in [0.1, 0.15) is 30.4 Å². The Morgan fingerprint density at radius 3 is 2.61 bits per heavy atom. The van der Waals surface area contributed by atoms with Crippen LogP contribution in [0.3, 0.4) is 0 Å². The van der Waals surface area contributed by atoms with Crippen LogP contribution in [0.4, 0.5) is 4.39 Å². The number of aromatic amines is 2. The fourth-order valence-electron chi connectivity index (χ4n) is 5.98. The molecule has 7 rings (SSSR count). The molecule has 1 saturated heterocycles. The first-order valence-corrected chi connectivity index (χ1v) is 16.6. The van der Waals surface area contributed by atoms with Crippen molar-refractivity contribution >= 4 is 32.0 Å². The number of halogens is 1. The zero-order valence-corrected chi connectivity index (χ0v) is 25.1. The Hall–Kier alpha value is -4.45. The molecule has 4 aromatic heterocycles. The molecule has 1 aliphatic rings. The maximum Gasteiger partial charge on any atom is 0.209 e. The predicted molar refractivity (Wildman–Crippen MR) is 171 cm³/mol. The molecule has 3 N–H and O–H groups in total. The molecule has 0 bridgehead atoms. The number of piperidine rings is 1. The molecule has 0 atom stereocenters. The van der Waals surface area contributed by atoms with Gasteiger partial charge >= 0.3 is 0 Å². The van der Waals surface area contributed by atoms with Gasteiger partial charge in [0.05, 0.1) is 34.9 Å². The summed E-state index contributed by atoms with van der Waals surface area (Å²) in [5.41, 5.74) is 8.76. The van der Waals surface area contributed by atoms with Crippen LogP contribution in [-0.4, -0.2) is 57.8 Å². The number of H-pyrrole nitrogens is 2. The van der Waals surface area contributed by atoms with Crippen LogP contribution in [0.25, 0.3) is 55.7 Å². The maximum atomic E-state index is 14.6. The minimum atomic E-state index is -3.42. The monoisotopic (exact) mass is 609 g/mol. The molecule has 1 fully saturated rings. The number of aromatic nitrogens is 5. The molecule has 0 unspecified atom stereocenters. The second-order valence-electron chi connectivity index (χ2n) is 11.5. The zero-order chi connectivity index (χ0) is 30.3. The molecular formula is C33H32FN7O2S. The summed E-state index contributed by atoms with van der Waals surface area (Å²) in [5, 5.41) is 8.53. The third-order valence-corrected chi connectivity index (χ3v) is 8.76. The third kappa shape index (κ3) is 5.99. The summed E-state index contributed by atoms with van der Waals surface area (Å²) in [7, 11) is -3.42. The van der Waals surface area contributed by atoms with Crippen molar-refractivity contribution in [3.8, 4) is 33.8 Å². The molecule has 6 aromatic rings. The summed E-state index contributed by atoms with van der Waals surface area (Å²) in [6.07, 6.45) is 8.31. The quantitative estimate of drug-likeness (QED) is 0.195. The molecule has 0 spiro atoms. The van der Waals surface area contributed by atoms with Gasteiger partial charge < -0.3 is 4.98 Å². The minimum Gasteiger partial charge on any atom is -0.352 e. The topological polar surface area (TPSA) is 120 Å². The minimum absolute atomic E-state index is 0.0141. The fourth-order valence-corrected chi connectivity index (χ4v) is 6.41. The number of sulfonamides is 1. The number of hydrogen-bond acceptors (Lipinski definition) is 6. The van der Waals surface area contributed by atoms with Crippen molar-refractivity contribution < 1.29 is 12.8 Å². The van der Waals surface area contributed by atoms with Gasteiger partial charge in [-0.25, -0.2) is 22.5 Å². The maximum absolute atomic E-state index is 14.6. The lowest BCUT2D eigenvalue weighted by Gasteiger charge is -2.26. The number of pyridine rings is 2. The van der Waals surface area contributed by atoms with E-state index in [1.807, 2.05) is 18.2 Å². The normalized spacial score (nSPS) is 14.5. The first kappa shape index (κ1) is 28.3. The summed E-state index contributed by atoms with van der Waals surface area (Å²) in [4.78, 5) is 15.3. The van der Waals surface area contributed by atoms with Crippen molar-refractivity contribution in [3.05, 3.63) is 90.0 Å². The Morgan fingerprint density at radius 1 is 0.932 bits per heavy atom. The van der Waals surface area contributed by atoms with E-state index in [1.165, 1.54) is 37.0 Å². The standard InChI is InChI=1S/C33H32FN7O2S/c1-44(42,43)36-17-22-13-24(15-25(34)14-22)27-18-35-19-31-26(27)16-30(37-31)33-32-29(39-40-33)9-8-28(38-32)23-7-5-6-21(12-23)20-41-10-3-2-4-11-41/h5-9,12-16,18-19,36-37H,2-4,10-11,17,20H2,1H3,(H,39,40). The van der Waals surface area contributed by atoms with Gasteiger partial charge in [0, 0.05) is 35.8 Å². The number of likely N-dealkylation sites (tertiary alicyclic amines) is 1. The number of hydrogen-bond donors (Lipinski definition) is 3. The molecule has 0 radical (unpaired) electrons. The van der Waals surface area contributed by atoms with Crippen LogP contribution in [-0.2, 0) is 23.1 Å². The zero-order valence-electron chi connectivity index (χ0n) is 24.3. The van der Waals surface area contributed by atoms with Crippen LogP contribution < -0.4 is 4.72 Å². The van der Waals surface area contributed by atoms with Crippen LogP contribution in [0.2, 0.25) is 0 Å². The highest BCUT2D eigenvalue weighted by atomic mass is 32.2. The number of fused-ring (bicyclic) bond motifs is 2. The first-order chi connectivity index (χ1) is 21.3. The van der Waals surface area contributed by atoms with Gasteiger partial charge in [-0.05, 0) is 85.1 Å². The lowest BCUT2D eigenvalue weighted by molar-refractivity contribution is 0.221. The lowest BCUT2D eigenvalue weighted by atomic mass is 10.0. The largest absolute Gasteiger partial charge is 0.352 e. The second kappa shape index (κ2) is 11.6. The fraction of sp³-hybridized carbons (Fsp3) is 0.242. The average molecular weight is 610 g/mol. The predicted octanol–water partition coefficient (Wildman–Crippen LogP) is 6.01. The average Bonchev–Trinajstić information content (AvgIpc) is 3.64. The van der Waals surface area contributed by atoms with Crippen molar-refractivity contribution in [1.29, 1.82) is 0 Å². The molecule has 0 saturated carbocycles. The van der Waals surface area contributed by atoms with E-state index in [2.05, 4.69) is 54.1 Å². The summed E-state index contributed by atoms with van der Waals surface area (Å²) >= 11 is 0. The molecule has 44 heavy (non-hydrogen) atoms. The van der Waals surface area contributed by atoms with Crippen molar-refractivity contribution in [2.24, 2.45) is 0 Å². The molecule has 0 amide bonds. The van der Waals surface area contributed by atoms with Gasteiger partial charge in [0.15, 0.2) is 0 Å². The van der Waals surface area contributed by atoms with Crippen molar-refractivity contribution in [2.75, 3.05) is 19.3 Å². The Balaban J connectivity index is 1.23. The van der Waals surface area contributed by atoms with Crippen molar-refractivity contribution in [3.63, 3.8) is 0 Å². The lowest BCUT2D eigenvalue weighted by Crippen LogP contribution is -2.29. The molecule has 5 heterocycles. The van der Waals surface area contributed by atoms with Crippen LogP contribution in [0, 0.1) is 5.82 Å². The highest BCUT2D eigenvalue weighted by Gasteiger charge is 2.17. The molecular weight excluding hydrogens is 577 g/mol. The summed E-state index contributed by atoms with van der Waals surface area (Å²) < 4.78 is 40.2. The van der Waals surface area contributed by atoms with Gasteiger partial charge in [-0.3, -0.25) is 15.0 Å². The Morgan fingerprint density at radius 2 is 1.77 bits per heavy atom. The Kier molecular flexibility index (Phi) is 7.45. The second-order valence-corrected chi connectivity index (χ2v) is 13.3. The smallest absolute Gasteiger partial charge is 0.209 e. The van der Waals surface area contributed by atoms with Crippen molar-refractivity contribution in [1.82, 2.24) is 34.8 Å². The van der Waals surface area contributed by atoms with E-state index in [0.717, 1.165) is 64.8 Å². The van der Waals surface area contributed by atoms with Gasteiger partial charge in [-0.15, -0.1) is 0 Å². The SMILES string of the molecule is CS(=O)(=O)NCc1cc(F)cc(-c2cncc3[nH]c(-c4n[nH]c5ccc(-c6cccc(CN7CCCCC7)c6)nc45)cc23)c1. The van der Waals surface area contributed by atoms with E-state index in [4.69, 9.17) is 4.98 Å². The highest BCUT2D eigenvalue weighted by molar-refractivity contribution is 7.88. The molecule has 9 nitrogen and oxygen atoms in total. The van der Waals surface area contributed by atoms with Gasteiger partial charge in [0.25, 0.3) is 0 Å². The molecule has 11 heteroatoms. The van der Waals surface area contributed by atoms with Gasteiger partial charge in [-0.1, -0.05) is 24.6 Å². The Labute approximate surface area is 254 Å². The van der Waals surface area contributed by atoms with Gasteiger partial charge in [0.1, 0.15) is 17.0 Å². The summed E-state index contributed by atoms with van der Waals surface area (Å²) in [6, 6.07) is 19.1. The van der Waals surface area contributed by atoms with E-state index in [-0.39, 0.29) is 6.54 Å². The van der Waals surface area contributed by atoms with Gasteiger partial charge in [-0.2, -0.15) is 5.10 Å². The number of benzene rings is 2. The summed E-state index contributed by atoms with van der Waals surface area (Å²) in [6.45, 7) is 3.23. The van der Waals surface area contributed by atoms with E-state index < -0.39 is 15.8 Å². The highest BCUT2D eigenvalue weighted by Crippen LogP contribution is 2.34. The third-order valence-electron chi connectivity index (χ3n) is 8.09. The van der Waals surface area contributed by atoms with E-state index in [9.17, 15) is 12.8 Å². The molecule has 2 aromatic carbocycles. The molecule has 224 valence electrons. The van der Waals surface area contributed by atoms with Gasteiger partial charge in [0.2, 0.25) is 10.0 Å². The van der Waals surface area contributed by atoms with E-state index in [0.29, 0.717) is 22.4 Å². The van der Waals surface area contributed by atoms with Crippen LogP contribution in [0.15, 0.2) is 73.1 Å². The van der Waals surface area contributed by atoms with Crippen molar-refractivity contribution in [2.45, 2.75) is 32.4 Å². The molecule has 1 aliphatic heterocycles. The van der Waals surface area contributed by atoms with E-state index >= 15 is 0 Å².